The van der Waals surface area contributed by atoms with Crippen molar-refractivity contribution >= 4 is 19.1 Å². The molecule has 7 rings (SSSR count). The van der Waals surface area contributed by atoms with Crippen LogP contribution in [0.25, 0.3) is 11.1 Å². The Balaban J connectivity index is 1.12. The van der Waals surface area contributed by atoms with E-state index in [0.29, 0.717) is 30.7 Å². The molecule has 4 aliphatic carbocycles. The minimum atomic E-state index is -0.668. The fraction of sp³-hybridized carbons (Fsp3) is 0.611. The van der Waals surface area contributed by atoms with Crippen LogP contribution in [0.5, 0.6) is 0 Å². The van der Waals surface area contributed by atoms with E-state index in [0.717, 1.165) is 12.8 Å². The van der Waals surface area contributed by atoms with Gasteiger partial charge in [-0.05, 0) is 83.9 Å². The van der Waals surface area contributed by atoms with Crippen LogP contribution in [0.2, 0.25) is 0 Å². The highest BCUT2D eigenvalue weighted by Gasteiger charge is 2.68. The molecule has 236 valence electrons. The molecule has 7 nitrogen and oxygen atoms in total. The SMILES string of the molecule is CC(C)C[C@H](NC(=O)[C@H](CC(C)C)NC(=O)NCC1c2ccccc2-c2ccccc21)B1O[C@@H]2C[C@@H]3C[C@@H](C3(C)C)[C@]2(C)O1. The standard InChI is InChI=1S/C36H50BN3O4/c1-21(2)16-29(39-34(42)38-20-28-26-14-10-8-12-24(26)25-13-9-11-15-27(25)28)33(41)40-32(17-22(3)4)37-43-31-19-23-18-30(35(23,5)6)36(31,7)44-37/h8-15,21-23,28-32H,16-20H2,1-7H3,(H,40,41)(H2,38,39,42)/t23-,29-,30-,31+,32-,36-/m0/s1. The van der Waals surface area contributed by atoms with Gasteiger partial charge in [0.1, 0.15) is 6.04 Å². The third-order valence-electron chi connectivity index (χ3n) is 11.1. The molecule has 3 N–H and O–H groups in total. The first-order chi connectivity index (χ1) is 20.9. The molecule has 1 aliphatic heterocycles. The number of hydrogen-bond donors (Lipinski definition) is 3. The van der Waals surface area contributed by atoms with Crippen LogP contribution in [0.3, 0.4) is 0 Å². The average molecular weight is 600 g/mol. The first-order valence-corrected chi connectivity index (χ1v) is 16.7. The Labute approximate surface area is 263 Å². The molecular weight excluding hydrogens is 549 g/mol. The van der Waals surface area contributed by atoms with E-state index in [2.05, 4.69) is 101 Å². The third kappa shape index (κ3) is 5.57. The summed E-state index contributed by atoms with van der Waals surface area (Å²) in [6.07, 6.45) is 3.51. The van der Waals surface area contributed by atoms with Crippen LogP contribution in [0.1, 0.15) is 91.2 Å². The number of urea groups is 1. The highest BCUT2D eigenvalue weighted by Crippen LogP contribution is 2.65. The summed E-state index contributed by atoms with van der Waals surface area (Å²) in [7, 11) is -0.498. The van der Waals surface area contributed by atoms with Gasteiger partial charge in [-0.2, -0.15) is 0 Å². The van der Waals surface area contributed by atoms with Gasteiger partial charge in [0.15, 0.2) is 0 Å². The molecular formula is C36H50BN3O4. The Hall–Kier alpha value is -2.84. The van der Waals surface area contributed by atoms with E-state index >= 15 is 0 Å². The Morgan fingerprint density at radius 1 is 0.886 bits per heavy atom. The molecule has 0 unspecified atom stereocenters. The molecule has 5 aliphatic rings. The maximum atomic E-state index is 13.9. The van der Waals surface area contributed by atoms with E-state index in [1.54, 1.807) is 0 Å². The fourth-order valence-electron chi connectivity index (χ4n) is 8.69. The van der Waals surface area contributed by atoms with Crippen LogP contribution in [-0.2, 0) is 14.1 Å². The van der Waals surface area contributed by atoms with Crippen molar-refractivity contribution in [2.45, 2.75) is 104 Å². The van der Waals surface area contributed by atoms with Gasteiger partial charge in [0, 0.05) is 12.5 Å². The molecule has 1 saturated heterocycles. The van der Waals surface area contributed by atoms with Crippen molar-refractivity contribution in [1.29, 1.82) is 0 Å². The quantitative estimate of drug-likeness (QED) is 0.279. The van der Waals surface area contributed by atoms with Gasteiger partial charge in [-0.3, -0.25) is 4.79 Å². The number of amides is 3. The molecule has 0 aromatic heterocycles. The predicted molar refractivity (Wildman–Crippen MR) is 175 cm³/mol. The second kappa shape index (κ2) is 11.8. The van der Waals surface area contributed by atoms with Gasteiger partial charge in [-0.1, -0.05) is 90.1 Å². The Morgan fingerprint density at radius 2 is 1.50 bits per heavy atom. The van der Waals surface area contributed by atoms with Crippen molar-refractivity contribution in [3.8, 4) is 11.1 Å². The predicted octanol–water partition coefficient (Wildman–Crippen LogP) is 6.31. The zero-order valence-electron chi connectivity index (χ0n) is 27.5. The number of nitrogens with one attached hydrogen (secondary N) is 3. The summed E-state index contributed by atoms with van der Waals surface area (Å²) in [5.74, 6) is 1.26. The summed E-state index contributed by atoms with van der Waals surface area (Å²) in [5, 5.41) is 9.36. The first kappa shape index (κ1) is 31.2. The topological polar surface area (TPSA) is 88.7 Å². The number of benzene rings is 2. The zero-order valence-corrected chi connectivity index (χ0v) is 27.5. The van der Waals surface area contributed by atoms with E-state index in [1.807, 2.05) is 12.1 Å². The zero-order chi connectivity index (χ0) is 31.4. The minimum absolute atomic E-state index is 0.0528. The highest BCUT2D eigenvalue weighted by atomic mass is 16.7. The van der Waals surface area contributed by atoms with Crippen molar-refractivity contribution in [3.05, 3.63) is 59.7 Å². The summed E-state index contributed by atoms with van der Waals surface area (Å²) >= 11 is 0. The van der Waals surface area contributed by atoms with Crippen LogP contribution in [-0.4, -0.2) is 49.3 Å². The van der Waals surface area contributed by atoms with Crippen LogP contribution in [0, 0.1) is 29.1 Å². The van der Waals surface area contributed by atoms with Crippen molar-refractivity contribution in [2.75, 3.05) is 6.54 Å². The van der Waals surface area contributed by atoms with Crippen LogP contribution >= 0.6 is 0 Å². The van der Waals surface area contributed by atoms with Crippen molar-refractivity contribution in [2.24, 2.45) is 29.1 Å². The van der Waals surface area contributed by atoms with Crippen LogP contribution in [0.15, 0.2) is 48.5 Å². The van der Waals surface area contributed by atoms with E-state index < -0.39 is 13.2 Å². The maximum Gasteiger partial charge on any atom is 0.481 e. The molecule has 0 spiro atoms. The maximum absolute atomic E-state index is 13.9. The summed E-state index contributed by atoms with van der Waals surface area (Å²) in [5.41, 5.74) is 4.78. The molecule has 1 heterocycles. The smallest absolute Gasteiger partial charge is 0.404 e. The van der Waals surface area contributed by atoms with Crippen LogP contribution in [0.4, 0.5) is 4.79 Å². The van der Waals surface area contributed by atoms with Gasteiger partial charge in [0.2, 0.25) is 5.91 Å². The van der Waals surface area contributed by atoms with Crippen molar-refractivity contribution in [3.63, 3.8) is 0 Å². The summed E-state index contributed by atoms with van der Waals surface area (Å²) in [6, 6.07) is 15.8. The second-order valence-corrected chi connectivity index (χ2v) is 15.3. The minimum Gasteiger partial charge on any atom is -0.404 e. The van der Waals surface area contributed by atoms with Gasteiger partial charge >= 0.3 is 13.1 Å². The number of fused-ring (bicyclic) bond motifs is 3. The summed E-state index contributed by atoms with van der Waals surface area (Å²) in [6.45, 7) is 15.8. The van der Waals surface area contributed by atoms with E-state index in [9.17, 15) is 9.59 Å². The lowest BCUT2D eigenvalue weighted by Crippen LogP contribution is -2.65. The van der Waals surface area contributed by atoms with E-state index in [4.69, 9.17) is 9.31 Å². The normalized spacial score (nSPS) is 27.7. The van der Waals surface area contributed by atoms with Crippen LogP contribution < -0.4 is 16.0 Å². The van der Waals surface area contributed by atoms with Crippen molar-refractivity contribution in [1.82, 2.24) is 16.0 Å². The molecule has 0 radical (unpaired) electrons. The number of rotatable bonds is 10. The van der Waals surface area contributed by atoms with Gasteiger partial charge in [0.05, 0.1) is 17.6 Å². The van der Waals surface area contributed by atoms with Gasteiger partial charge < -0.3 is 25.3 Å². The number of hydrogen-bond acceptors (Lipinski definition) is 4. The number of carbonyl (C=O) groups excluding carboxylic acids is 2. The third-order valence-corrected chi connectivity index (χ3v) is 11.1. The molecule has 2 aromatic carbocycles. The molecule has 2 aromatic rings. The number of carbonyl (C=O) groups is 2. The molecule has 3 saturated carbocycles. The lowest BCUT2D eigenvalue weighted by atomic mass is 9.43. The van der Waals surface area contributed by atoms with Gasteiger partial charge in [-0.15, -0.1) is 0 Å². The van der Waals surface area contributed by atoms with Crippen molar-refractivity contribution < 1.29 is 18.9 Å². The molecule has 8 heteroatoms. The van der Waals surface area contributed by atoms with Gasteiger partial charge in [-0.25, -0.2) is 4.79 Å². The fourth-order valence-corrected chi connectivity index (χ4v) is 8.69. The Bertz CT molecular complexity index is 1350. The average Bonchev–Trinajstić information content (AvgIpc) is 3.49. The molecule has 4 fully saturated rings. The summed E-state index contributed by atoms with van der Waals surface area (Å²) < 4.78 is 13.3. The Morgan fingerprint density at radius 3 is 2.09 bits per heavy atom. The summed E-state index contributed by atoms with van der Waals surface area (Å²) in [4.78, 5) is 27.2. The lowest BCUT2D eigenvalue weighted by Gasteiger charge is -2.64. The second-order valence-electron chi connectivity index (χ2n) is 15.3. The largest absolute Gasteiger partial charge is 0.481 e. The Kier molecular flexibility index (Phi) is 8.38. The first-order valence-electron chi connectivity index (χ1n) is 16.7. The van der Waals surface area contributed by atoms with Gasteiger partial charge in [0.25, 0.3) is 0 Å². The molecule has 44 heavy (non-hydrogen) atoms. The molecule has 2 bridgehead atoms. The lowest BCUT2D eigenvalue weighted by molar-refractivity contribution is -0.199. The molecule has 6 atom stereocenters. The monoisotopic (exact) mass is 599 g/mol. The highest BCUT2D eigenvalue weighted by molar-refractivity contribution is 6.48. The van der Waals surface area contributed by atoms with E-state index in [1.165, 1.54) is 28.7 Å². The van der Waals surface area contributed by atoms with E-state index in [-0.39, 0.29) is 46.8 Å². The molecule has 3 amide bonds.